The van der Waals surface area contributed by atoms with Crippen molar-refractivity contribution in [3.8, 4) is 17.6 Å². The summed E-state index contributed by atoms with van der Waals surface area (Å²) in [5.74, 6) is 1.44. The lowest BCUT2D eigenvalue weighted by Crippen LogP contribution is -2.43. The third kappa shape index (κ3) is 5.89. The fourth-order valence-corrected chi connectivity index (χ4v) is 4.09. The van der Waals surface area contributed by atoms with Crippen LogP contribution in [0.5, 0.6) is 11.5 Å². The van der Waals surface area contributed by atoms with Crippen LogP contribution >= 0.6 is 0 Å². The molecule has 0 amide bonds. The minimum absolute atomic E-state index is 0.0721. The maximum Gasteiger partial charge on any atom is 0.327 e. The molecule has 2 aromatic rings. The number of nitrogens with zero attached hydrogens (tertiary/aromatic N) is 1. The van der Waals surface area contributed by atoms with Gasteiger partial charge in [-0.05, 0) is 84.8 Å². The van der Waals surface area contributed by atoms with Crippen molar-refractivity contribution in [1.29, 1.82) is 5.26 Å². The summed E-state index contributed by atoms with van der Waals surface area (Å²) in [4.78, 5) is 0. The first kappa shape index (κ1) is 21.9. The van der Waals surface area contributed by atoms with Crippen LogP contribution in [0.3, 0.4) is 0 Å². The van der Waals surface area contributed by atoms with Gasteiger partial charge in [-0.1, -0.05) is 19.9 Å². The molecule has 0 bridgehead atoms. The van der Waals surface area contributed by atoms with Crippen molar-refractivity contribution in [3.05, 3.63) is 53.6 Å². The maximum atomic E-state index is 8.98. The molecule has 2 aliphatic rings. The molecule has 2 fully saturated rings. The van der Waals surface area contributed by atoms with E-state index in [1.165, 1.54) is 5.46 Å². The minimum Gasteiger partial charge on any atom is -0.457 e. The normalized spacial score (nSPS) is 20.8. The van der Waals surface area contributed by atoms with E-state index in [2.05, 4.69) is 26.0 Å². The molecule has 0 saturated carbocycles. The molecule has 0 radical (unpaired) electrons. The molecule has 2 saturated heterocycles. The van der Waals surface area contributed by atoms with E-state index in [1.54, 1.807) is 12.1 Å². The second-order valence-electron chi connectivity index (χ2n) is 9.21. The molecule has 1 atom stereocenters. The first-order chi connectivity index (χ1) is 15.0. The van der Waals surface area contributed by atoms with Gasteiger partial charge in [0.2, 0.25) is 0 Å². The topological polar surface area (TPSA) is 60.7 Å². The highest BCUT2D eigenvalue weighted by molar-refractivity contribution is 6.68. The molecule has 2 aromatic carbocycles. The molecule has 5 nitrogen and oxygen atoms in total. The van der Waals surface area contributed by atoms with Crippen LogP contribution in [0.2, 0.25) is 6.32 Å². The Bertz CT molecular complexity index is 906. The second kappa shape index (κ2) is 9.87. The van der Waals surface area contributed by atoms with Gasteiger partial charge in [0.15, 0.2) is 6.29 Å². The Labute approximate surface area is 185 Å². The highest BCUT2D eigenvalue weighted by atomic mass is 16.7. The summed E-state index contributed by atoms with van der Waals surface area (Å²) in [6, 6.07) is 15.4. The van der Waals surface area contributed by atoms with Gasteiger partial charge < -0.3 is 18.9 Å². The molecular formula is C25H30BNO4. The fraction of sp³-hybridized carbons (Fsp3) is 0.480. The maximum absolute atomic E-state index is 8.98. The summed E-state index contributed by atoms with van der Waals surface area (Å²) < 4.78 is 24.1. The van der Waals surface area contributed by atoms with E-state index >= 15 is 0 Å². The van der Waals surface area contributed by atoms with Crippen LogP contribution in [0.4, 0.5) is 0 Å². The Balaban J connectivity index is 1.52. The van der Waals surface area contributed by atoms with Crippen molar-refractivity contribution in [2.75, 3.05) is 13.2 Å². The standard InChI is InChI=1S/C25H30BNO4/c1-25(2)12-13-26(30-18-25)23-11-10-22(31-21-8-6-19(16-27)7-9-21)15-20(23)17-29-24-5-3-4-14-28-24/h6-11,15,24H,3-5,12-14,17-18H2,1-2H3. The predicted octanol–water partition coefficient (Wildman–Crippen LogP) is 5.04. The monoisotopic (exact) mass is 419 g/mol. The van der Waals surface area contributed by atoms with E-state index in [0.29, 0.717) is 17.9 Å². The number of hydrogen-bond acceptors (Lipinski definition) is 5. The van der Waals surface area contributed by atoms with E-state index in [-0.39, 0.29) is 18.6 Å². The van der Waals surface area contributed by atoms with Crippen LogP contribution in [0.15, 0.2) is 42.5 Å². The van der Waals surface area contributed by atoms with Crippen LogP contribution in [0.1, 0.15) is 50.7 Å². The summed E-state index contributed by atoms with van der Waals surface area (Å²) in [5, 5.41) is 8.98. The fourth-order valence-electron chi connectivity index (χ4n) is 4.09. The lowest BCUT2D eigenvalue weighted by atomic mass is 9.52. The Morgan fingerprint density at radius 1 is 1.13 bits per heavy atom. The third-order valence-corrected chi connectivity index (χ3v) is 6.00. The molecule has 2 heterocycles. The highest BCUT2D eigenvalue weighted by Gasteiger charge is 2.33. The Kier molecular flexibility index (Phi) is 6.97. The van der Waals surface area contributed by atoms with Crippen molar-refractivity contribution in [1.82, 2.24) is 0 Å². The smallest absolute Gasteiger partial charge is 0.327 e. The molecule has 31 heavy (non-hydrogen) atoms. The molecule has 162 valence electrons. The molecule has 0 N–H and O–H groups in total. The van der Waals surface area contributed by atoms with Crippen molar-refractivity contribution in [3.63, 3.8) is 0 Å². The van der Waals surface area contributed by atoms with Gasteiger partial charge in [0.25, 0.3) is 0 Å². The number of hydrogen-bond donors (Lipinski definition) is 0. The molecule has 6 heteroatoms. The number of benzene rings is 2. The van der Waals surface area contributed by atoms with E-state index in [9.17, 15) is 0 Å². The summed E-state index contributed by atoms with van der Waals surface area (Å²) in [5.41, 5.74) is 3.08. The average Bonchev–Trinajstić information content (AvgIpc) is 2.79. The first-order valence-corrected chi connectivity index (χ1v) is 11.2. The van der Waals surface area contributed by atoms with Gasteiger partial charge in [0, 0.05) is 13.2 Å². The molecular weight excluding hydrogens is 389 g/mol. The highest BCUT2D eigenvalue weighted by Crippen LogP contribution is 2.30. The molecule has 1 unspecified atom stereocenters. The predicted molar refractivity (Wildman–Crippen MR) is 121 cm³/mol. The van der Waals surface area contributed by atoms with Crippen molar-refractivity contribution < 1.29 is 18.9 Å². The Hall–Kier alpha value is -2.33. The van der Waals surface area contributed by atoms with Crippen LogP contribution in [-0.4, -0.2) is 26.4 Å². The van der Waals surface area contributed by atoms with Crippen molar-refractivity contribution in [2.24, 2.45) is 5.41 Å². The van der Waals surface area contributed by atoms with E-state index < -0.39 is 0 Å². The van der Waals surface area contributed by atoms with Crippen LogP contribution in [0.25, 0.3) is 0 Å². The van der Waals surface area contributed by atoms with Gasteiger partial charge >= 0.3 is 6.92 Å². The lowest BCUT2D eigenvalue weighted by Gasteiger charge is -2.34. The minimum atomic E-state index is -0.143. The van der Waals surface area contributed by atoms with Crippen LogP contribution in [0, 0.1) is 16.7 Å². The van der Waals surface area contributed by atoms with E-state index in [1.807, 2.05) is 24.3 Å². The SMILES string of the molecule is CC1(C)CCB(c2ccc(Oc3ccc(C#N)cc3)cc2COC2CCCCO2)OC1. The number of rotatable bonds is 6. The zero-order chi connectivity index (χ0) is 21.7. The number of ether oxygens (including phenoxy) is 3. The third-order valence-electron chi connectivity index (χ3n) is 6.00. The molecule has 0 spiro atoms. The van der Waals surface area contributed by atoms with Gasteiger partial charge in [-0.25, -0.2) is 0 Å². The van der Waals surface area contributed by atoms with Gasteiger partial charge in [-0.2, -0.15) is 5.26 Å². The van der Waals surface area contributed by atoms with Gasteiger partial charge in [-0.15, -0.1) is 0 Å². The van der Waals surface area contributed by atoms with Crippen molar-refractivity contribution in [2.45, 2.75) is 58.7 Å². The zero-order valence-corrected chi connectivity index (χ0v) is 18.4. The van der Waals surface area contributed by atoms with Gasteiger partial charge in [-0.3, -0.25) is 0 Å². The number of nitriles is 1. The van der Waals surface area contributed by atoms with E-state index in [0.717, 1.165) is 56.5 Å². The summed E-state index contributed by atoms with van der Waals surface area (Å²) >= 11 is 0. The van der Waals surface area contributed by atoms with Crippen LogP contribution < -0.4 is 10.2 Å². The molecule has 4 rings (SSSR count). The molecule has 2 aliphatic heterocycles. The van der Waals surface area contributed by atoms with Crippen LogP contribution in [-0.2, 0) is 20.7 Å². The Morgan fingerprint density at radius 3 is 2.61 bits per heavy atom. The van der Waals surface area contributed by atoms with Gasteiger partial charge in [0.1, 0.15) is 11.5 Å². The van der Waals surface area contributed by atoms with Gasteiger partial charge in [0.05, 0.1) is 18.2 Å². The second-order valence-corrected chi connectivity index (χ2v) is 9.21. The summed E-state index contributed by atoms with van der Waals surface area (Å²) in [6.07, 6.45) is 5.16. The summed E-state index contributed by atoms with van der Waals surface area (Å²) in [6.45, 7) is 6.56. The molecule has 0 aromatic heterocycles. The summed E-state index contributed by atoms with van der Waals surface area (Å²) in [7, 11) is 0. The van der Waals surface area contributed by atoms with Crippen molar-refractivity contribution >= 4 is 12.4 Å². The average molecular weight is 419 g/mol. The molecule has 0 aliphatic carbocycles. The Morgan fingerprint density at radius 2 is 1.94 bits per heavy atom. The lowest BCUT2D eigenvalue weighted by molar-refractivity contribution is -0.168. The quantitative estimate of drug-likeness (QED) is 0.614. The van der Waals surface area contributed by atoms with E-state index in [4.69, 9.17) is 24.1 Å². The first-order valence-electron chi connectivity index (χ1n) is 11.2. The zero-order valence-electron chi connectivity index (χ0n) is 18.4. The largest absolute Gasteiger partial charge is 0.457 e.